The molecule has 6 heteroatoms. The van der Waals surface area contributed by atoms with E-state index < -0.39 is 0 Å². The number of hydrogen-bond donors (Lipinski definition) is 0. The van der Waals surface area contributed by atoms with Crippen molar-refractivity contribution in [3.8, 4) is 5.75 Å². The zero-order chi connectivity index (χ0) is 22.8. The molecule has 5 rings (SSSR count). The maximum atomic E-state index is 12.3. The van der Waals surface area contributed by atoms with Crippen molar-refractivity contribution in [2.75, 3.05) is 33.4 Å². The van der Waals surface area contributed by atoms with Crippen molar-refractivity contribution in [1.29, 1.82) is 0 Å². The summed E-state index contributed by atoms with van der Waals surface area (Å²) in [7, 11) is 1.68. The van der Waals surface area contributed by atoms with E-state index in [-0.39, 0.29) is 11.9 Å². The van der Waals surface area contributed by atoms with Gasteiger partial charge in [-0.3, -0.25) is 14.8 Å². The number of fused-ring (bicyclic) bond motifs is 1. The molecular weight excluding hydrogens is 414 g/mol. The molecule has 6 nitrogen and oxygen atoms in total. The highest BCUT2D eigenvalue weighted by Gasteiger charge is 2.31. The predicted molar refractivity (Wildman–Crippen MR) is 130 cm³/mol. The number of carbonyl (C=O) groups is 1. The van der Waals surface area contributed by atoms with Crippen molar-refractivity contribution >= 4 is 22.4 Å². The third-order valence-corrected chi connectivity index (χ3v) is 7.52. The molecule has 0 aliphatic carbocycles. The van der Waals surface area contributed by atoms with Gasteiger partial charge in [-0.25, -0.2) is 0 Å². The quantitative estimate of drug-likeness (QED) is 0.692. The zero-order valence-electron chi connectivity index (χ0n) is 19.7. The molecule has 3 aliphatic rings. The van der Waals surface area contributed by atoms with Crippen LogP contribution in [-0.2, 0) is 9.53 Å². The second-order valence-electron chi connectivity index (χ2n) is 9.40. The van der Waals surface area contributed by atoms with Crippen LogP contribution in [0.15, 0.2) is 46.7 Å². The lowest BCUT2D eigenvalue weighted by atomic mass is 9.83. The second kappa shape index (κ2) is 9.64. The largest absolute Gasteiger partial charge is 0.494 e. The third kappa shape index (κ3) is 4.41. The fourth-order valence-electron chi connectivity index (χ4n) is 5.63. The first-order valence-electron chi connectivity index (χ1n) is 12.2. The van der Waals surface area contributed by atoms with Gasteiger partial charge >= 0.3 is 0 Å². The Labute approximate surface area is 195 Å². The number of hydrogen-bond acceptors (Lipinski definition) is 5. The normalized spacial score (nSPS) is 22.4. The van der Waals surface area contributed by atoms with E-state index in [1.165, 1.54) is 11.1 Å². The van der Waals surface area contributed by atoms with E-state index in [1.54, 1.807) is 20.2 Å². The Hall–Kier alpha value is -2.73. The van der Waals surface area contributed by atoms with Crippen LogP contribution in [0.1, 0.15) is 51.0 Å². The average Bonchev–Trinajstić information content (AvgIpc) is 2.84. The Morgan fingerprint density at radius 3 is 2.76 bits per heavy atom. The topological polar surface area (TPSA) is 64.0 Å². The Kier molecular flexibility index (Phi) is 6.45. The summed E-state index contributed by atoms with van der Waals surface area (Å²) in [6, 6.07) is 6.59. The number of rotatable bonds is 3. The number of aliphatic imine (C=N–C) groups is 1. The first-order chi connectivity index (χ1) is 16.2. The lowest BCUT2D eigenvalue weighted by Crippen LogP contribution is -2.39. The van der Waals surface area contributed by atoms with Crippen molar-refractivity contribution in [3.05, 3.63) is 47.3 Å². The van der Waals surface area contributed by atoms with Crippen LogP contribution in [0.4, 0.5) is 0 Å². The highest BCUT2D eigenvalue weighted by molar-refractivity contribution is 6.20. The molecule has 3 aliphatic heterocycles. The van der Waals surface area contributed by atoms with Gasteiger partial charge in [-0.05, 0) is 50.0 Å². The number of ether oxygens (including phenoxy) is 2. The summed E-state index contributed by atoms with van der Waals surface area (Å²) in [5.74, 6) is 1.45. The summed E-state index contributed by atoms with van der Waals surface area (Å²) in [4.78, 5) is 24.2. The molecule has 0 radical (unpaired) electrons. The number of nitrogens with zero attached hydrogens (tertiary/aromatic N) is 3. The first kappa shape index (κ1) is 22.1. The molecule has 0 saturated carbocycles. The number of benzene rings is 1. The molecule has 1 aromatic heterocycles. The van der Waals surface area contributed by atoms with E-state index in [1.807, 2.05) is 11.1 Å². The number of pyridine rings is 1. The van der Waals surface area contributed by atoms with Gasteiger partial charge in [0.2, 0.25) is 5.91 Å². The van der Waals surface area contributed by atoms with Gasteiger partial charge in [0.1, 0.15) is 5.75 Å². The summed E-state index contributed by atoms with van der Waals surface area (Å²) in [6.07, 6.45) is 10.1. The van der Waals surface area contributed by atoms with Crippen molar-refractivity contribution in [2.45, 2.75) is 51.5 Å². The highest BCUT2D eigenvalue weighted by Crippen LogP contribution is 2.35. The van der Waals surface area contributed by atoms with Crippen LogP contribution >= 0.6 is 0 Å². The molecule has 0 bridgehead atoms. The summed E-state index contributed by atoms with van der Waals surface area (Å²) in [5, 5.41) is 2.09. The molecule has 1 unspecified atom stereocenters. The van der Waals surface area contributed by atoms with Crippen molar-refractivity contribution in [3.63, 3.8) is 0 Å². The van der Waals surface area contributed by atoms with E-state index in [2.05, 4.69) is 23.2 Å². The smallest absolute Gasteiger partial charge is 0.219 e. The molecule has 0 spiro atoms. The minimum atomic E-state index is 0.130. The second-order valence-corrected chi connectivity index (χ2v) is 9.40. The Bertz CT molecular complexity index is 1100. The van der Waals surface area contributed by atoms with Crippen molar-refractivity contribution < 1.29 is 14.3 Å². The van der Waals surface area contributed by atoms with Crippen LogP contribution in [0, 0.1) is 5.92 Å². The van der Waals surface area contributed by atoms with Crippen molar-refractivity contribution in [1.82, 2.24) is 9.88 Å². The molecule has 1 fully saturated rings. The summed E-state index contributed by atoms with van der Waals surface area (Å²) in [5.41, 5.74) is 4.84. The van der Waals surface area contributed by atoms with Gasteiger partial charge in [0, 0.05) is 55.8 Å². The molecule has 174 valence electrons. The molecule has 1 amide bonds. The fraction of sp³-hybridized carbons (Fsp3) is 0.519. The standard InChI is InChI=1S/C27H33N3O3/c1-18(31)30-12-9-19-5-3-8-25(20-10-13-33-14-11-20)29-27(24(19)17-30)22-7-4-6-21-23(22)15-28-16-26(21)32-2/h4,6-7,15-16,20,25H,3,5,8-14,17H2,1-2H3. The van der Waals surface area contributed by atoms with E-state index in [9.17, 15) is 4.79 Å². The first-order valence-corrected chi connectivity index (χ1v) is 12.2. The average molecular weight is 448 g/mol. The van der Waals surface area contributed by atoms with Crippen molar-refractivity contribution in [2.24, 2.45) is 10.9 Å². The molecular formula is C27H33N3O3. The zero-order valence-corrected chi connectivity index (χ0v) is 19.7. The highest BCUT2D eigenvalue weighted by atomic mass is 16.5. The maximum absolute atomic E-state index is 12.3. The molecule has 4 heterocycles. The van der Waals surface area contributed by atoms with Gasteiger partial charge in [0.25, 0.3) is 0 Å². The van der Waals surface area contributed by atoms with Gasteiger partial charge in [-0.1, -0.05) is 23.8 Å². The SMILES string of the molecule is COc1cncc2c(C3=NC(C4CCOCC4)CCCC4=C3CN(C(C)=O)CC4)cccc12. The summed E-state index contributed by atoms with van der Waals surface area (Å²) in [6.45, 7) is 4.76. The Balaban J connectivity index is 1.68. The van der Waals surface area contributed by atoms with Crippen LogP contribution in [0.5, 0.6) is 5.75 Å². The molecule has 1 aromatic carbocycles. The van der Waals surface area contributed by atoms with Gasteiger partial charge < -0.3 is 14.4 Å². The number of carbonyl (C=O) groups excluding carboxylic acids is 1. The van der Waals surface area contributed by atoms with Gasteiger partial charge in [-0.15, -0.1) is 0 Å². The number of aromatic nitrogens is 1. The molecule has 33 heavy (non-hydrogen) atoms. The van der Waals surface area contributed by atoms with Gasteiger partial charge in [-0.2, -0.15) is 0 Å². The van der Waals surface area contributed by atoms with Crippen LogP contribution in [0.25, 0.3) is 10.8 Å². The maximum Gasteiger partial charge on any atom is 0.219 e. The Morgan fingerprint density at radius 1 is 1.12 bits per heavy atom. The van der Waals surface area contributed by atoms with Crippen LogP contribution in [0.3, 0.4) is 0 Å². The Morgan fingerprint density at radius 2 is 1.97 bits per heavy atom. The van der Waals surface area contributed by atoms with Gasteiger partial charge in [0.15, 0.2) is 0 Å². The van der Waals surface area contributed by atoms with E-state index in [0.29, 0.717) is 12.5 Å². The summed E-state index contributed by atoms with van der Waals surface area (Å²) < 4.78 is 11.2. The third-order valence-electron chi connectivity index (χ3n) is 7.52. The molecule has 2 aromatic rings. The lowest BCUT2D eigenvalue weighted by Gasteiger charge is -2.35. The number of methoxy groups -OCH3 is 1. The minimum absolute atomic E-state index is 0.130. The van der Waals surface area contributed by atoms with E-state index in [4.69, 9.17) is 14.5 Å². The van der Waals surface area contributed by atoms with Gasteiger partial charge in [0.05, 0.1) is 25.1 Å². The molecule has 1 saturated heterocycles. The van der Waals surface area contributed by atoms with Crippen LogP contribution < -0.4 is 4.74 Å². The molecule has 0 N–H and O–H groups in total. The van der Waals surface area contributed by atoms with Crippen LogP contribution in [-0.4, -0.2) is 61.0 Å². The fourth-order valence-corrected chi connectivity index (χ4v) is 5.63. The molecule has 1 atom stereocenters. The minimum Gasteiger partial charge on any atom is -0.494 e. The van der Waals surface area contributed by atoms with E-state index >= 15 is 0 Å². The van der Waals surface area contributed by atoms with E-state index in [0.717, 1.165) is 86.1 Å². The number of amides is 1. The van der Waals surface area contributed by atoms with Crippen LogP contribution in [0.2, 0.25) is 0 Å². The lowest BCUT2D eigenvalue weighted by molar-refractivity contribution is -0.128. The monoisotopic (exact) mass is 447 g/mol. The predicted octanol–water partition coefficient (Wildman–Crippen LogP) is 4.56. The summed E-state index contributed by atoms with van der Waals surface area (Å²) >= 11 is 0.